The zero-order valence-electron chi connectivity index (χ0n) is 20.8. The number of phosphoric acid groups is 1. The Morgan fingerprint density at radius 3 is 2.09 bits per heavy atom. The highest BCUT2D eigenvalue weighted by molar-refractivity contribution is 7.47. The quantitative estimate of drug-likeness (QED) is 0.0736. The van der Waals surface area contributed by atoms with Gasteiger partial charge in [-0.15, -0.1) is 0 Å². The summed E-state index contributed by atoms with van der Waals surface area (Å²) in [5.41, 5.74) is 5.19. The van der Waals surface area contributed by atoms with Crippen molar-refractivity contribution in [3.8, 4) is 0 Å². The Morgan fingerprint density at radius 1 is 0.912 bits per heavy atom. The van der Waals surface area contributed by atoms with E-state index >= 15 is 0 Å². The molecule has 0 heterocycles. The summed E-state index contributed by atoms with van der Waals surface area (Å²) in [7, 11) is -4.27. The molecule has 0 radical (unpaired) electrons. The van der Waals surface area contributed by atoms with Gasteiger partial charge in [-0.2, -0.15) is 0 Å². The molecule has 0 spiro atoms. The Bertz CT molecular complexity index is 622. The van der Waals surface area contributed by atoms with E-state index in [1.54, 1.807) is 0 Å². The molecule has 0 aliphatic carbocycles. The third-order valence-electron chi connectivity index (χ3n) is 4.82. The Hall–Kier alpha value is -1.28. The fourth-order valence-corrected chi connectivity index (χ4v) is 3.69. The molecule has 0 aliphatic heterocycles. The number of nitrogens with two attached hydrogens (primary N) is 1. The van der Waals surface area contributed by atoms with Gasteiger partial charge >= 0.3 is 13.8 Å². The van der Waals surface area contributed by atoms with E-state index in [1.807, 2.05) is 0 Å². The summed E-state index contributed by atoms with van der Waals surface area (Å²) in [5, 5.41) is 9.27. The van der Waals surface area contributed by atoms with Crippen LogP contribution >= 0.6 is 7.82 Å². The SMILES string of the molecule is CCCCC/C=C\C/C=C\C/C=C\CCCCCCC(=O)O[C@H](CO)COP(=O)(O)OCCN. The maximum absolute atomic E-state index is 11.9. The third-order valence-corrected chi connectivity index (χ3v) is 5.80. The number of phosphoric ester groups is 1. The lowest BCUT2D eigenvalue weighted by atomic mass is 10.1. The Labute approximate surface area is 205 Å². The number of allylic oxidation sites excluding steroid dienone is 6. The molecule has 4 N–H and O–H groups in total. The number of esters is 1. The van der Waals surface area contributed by atoms with Gasteiger partial charge in [0.15, 0.2) is 0 Å². The van der Waals surface area contributed by atoms with Gasteiger partial charge in [0, 0.05) is 13.0 Å². The molecular weight excluding hydrogens is 457 g/mol. The highest BCUT2D eigenvalue weighted by Gasteiger charge is 2.24. The molecule has 0 saturated carbocycles. The van der Waals surface area contributed by atoms with Crippen LogP contribution in [0.15, 0.2) is 36.5 Å². The average molecular weight is 504 g/mol. The van der Waals surface area contributed by atoms with Crippen molar-refractivity contribution in [2.75, 3.05) is 26.4 Å². The number of aliphatic hydroxyl groups excluding tert-OH is 1. The topological polar surface area (TPSA) is 128 Å². The zero-order valence-corrected chi connectivity index (χ0v) is 21.7. The van der Waals surface area contributed by atoms with E-state index < -0.39 is 33.1 Å². The highest BCUT2D eigenvalue weighted by Crippen LogP contribution is 2.42. The molecule has 0 rings (SSSR count). The standard InChI is InChI=1S/C25H46NO7P/c1-2-3-4-5-6-7-8-9-10-11-12-13-14-15-16-17-18-19-25(28)33-24(22-27)23-32-34(29,30)31-21-20-26/h6-7,9-10,12-13,24,27H,2-5,8,11,14-23,26H2,1H3,(H,29,30)/b7-6-,10-9-,13-12-/t24-/m1/s1. The third kappa shape index (κ3) is 22.5. The minimum Gasteiger partial charge on any atom is -0.457 e. The van der Waals surface area contributed by atoms with Gasteiger partial charge < -0.3 is 20.5 Å². The van der Waals surface area contributed by atoms with Gasteiger partial charge in [0.1, 0.15) is 6.10 Å². The number of carbonyl (C=O) groups excluding carboxylic acids is 1. The molecule has 9 heteroatoms. The fraction of sp³-hybridized carbons (Fsp3) is 0.720. The van der Waals surface area contributed by atoms with Gasteiger partial charge in [0.05, 0.1) is 19.8 Å². The summed E-state index contributed by atoms with van der Waals surface area (Å²) < 4.78 is 25.9. The predicted octanol–water partition coefficient (Wildman–Crippen LogP) is 5.35. The van der Waals surface area contributed by atoms with Crippen molar-refractivity contribution >= 4 is 13.8 Å². The number of rotatable bonds is 23. The first kappa shape index (κ1) is 32.7. The van der Waals surface area contributed by atoms with Gasteiger partial charge in [-0.1, -0.05) is 69.1 Å². The molecule has 34 heavy (non-hydrogen) atoms. The van der Waals surface area contributed by atoms with Crippen LogP contribution in [0.5, 0.6) is 0 Å². The average Bonchev–Trinajstić information content (AvgIpc) is 2.82. The molecule has 2 atom stereocenters. The zero-order chi connectivity index (χ0) is 25.3. The Kier molecular flexibility index (Phi) is 22.6. The smallest absolute Gasteiger partial charge is 0.457 e. The first-order chi connectivity index (χ1) is 16.4. The van der Waals surface area contributed by atoms with E-state index in [9.17, 15) is 19.4 Å². The number of hydrogen-bond donors (Lipinski definition) is 3. The van der Waals surface area contributed by atoms with Gasteiger partial charge in [-0.05, 0) is 44.9 Å². The van der Waals surface area contributed by atoms with E-state index in [-0.39, 0.29) is 19.6 Å². The van der Waals surface area contributed by atoms with E-state index in [2.05, 4.69) is 47.9 Å². The van der Waals surface area contributed by atoms with Gasteiger partial charge in [-0.25, -0.2) is 4.57 Å². The van der Waals surface area contributed by atoms with Crippen molar-refractivity contribution in [1.29, 1.82) is 0 Å². The van der Waals surface area contributed by atoms with E-state index in [4.69, 9.17) is 15.0 Å². The van der Waals surface area contributed by atoms with Crippen molar-refractivity contribution in [2.45, 2.75) is 90.1 Å². The summed E-state index contributed by atoms with van der Waals surface area (Å²) in [6.07, 6.45) is 24.2. The second kappa shape index (κ2) is 23.5. The molecule has 0 aromatic rings. The van der Waals surface area contributed by atoms with Crippen LogP contribution in [-0.2, 0) is 23.1 Å². The fourth-order valence-electron chi connectivity index (χ4n) is 2.93. The molecular formula is C25H46NO7P. The molecule has 0 bridgehead atoms. The van der Waals surface area contributed by atoms with Crippen molar-refractivity contribution in [1.82, 2.24) is 0 Å². The van der Waals surface area contributed by atoms with Crippen LogP contribution < -0.4 is 5.73 Å². The van der Waals surface area contributed by atoms with Gasteiger partial charge in [0.2, 0.25) is 0 Å². The van der Waals surface area contributed by atoms with Crippen LogP contribution in [0.1, 0.15) is 84.0 Å². The molecule has 0 aromatic heterocycles. The Morgan fingerprint density at radius 2 is 1.50 bits per heavy atom. The molecule has 0 saturated heterocycles. The maximum Gasteiger partial charge on any atom is 0.472 e. The number of ether oxygens (including phenoxy) is 1. The van der Waals surface area contributed by atoms with Crippen LogP contribution in [-0.4, -0.2) is 48.4 Å². The lowest BCUT2D eigenvalue weighted by molar-refractivity contribution is -0.153. The number of unbranched alkanes of at least 4 members (excludes halogenated alkanes) is 7. The summed E-state index contributed by atoms with van der Waals surface area (Å²) in [4.78, 5) is 21.3. The van der Waals surface area contributed by atoms with Crippen molar-refractivity contribution in [2.24, 2.45) is 5.73 Å². The van der Waals surface area contributed by atoms with E-state index in [0.717, 1.165) is 38.5 Å². The monoisotopic (exact) mass is 503 g/mol. The molecule has 198 valence electrons. The molecule has 0 fully saturated rings. The summed E-state index contributed by atoms with van der Waals surface area (Å²) in [6.45, 7) is 1.20. The second-order valence-electron chi connectivity index (χ2n) is 8.01. The molecule has 0 aromatic carbocycles. The number of aliphatic hydroxyl groups is 1. The predicted molar refractivity (Wildman–Crippen MR) is 136 cm³/mol. The van der Waals surface area contributed by atoms with Gasteiger partial charge in [-0.3, -0.25) is 13.8 Å². The minimum absolute atomic E-state index is 0.0668. The van der Waals surface area contributed by atoms with Crippen molar-refractivity contribution in [3.63, 3.8) is 0 Å². The molecule has 8 nitrogen and oxygen atoms in total. The minimum atomic E-state index is -4.27. The summed E-state index contributed by atoms with van der Waals surface area (Å²) in [6, 6.07) is 0. The lowest BCUT2D eigenvalue weighted by Gasteiger charge is -2.17. The summed E-state index contributed by atoms with van der Waals surface area (Å²) >= 11 is 0. The summed E-state index contributed by atoms with van der Waals surface area (Å²) in [5.74, 6) is -0.471. The van der Waals surface area contributed by atoms with Crippen LogP contribution in [0.2, 0.25) is 0 Å². The van der Waals surface area contributed by atoms with Crippen LogP contribution in [0.3, 0.4) is 0 Å². The van der Waals surface area contributed by atoms with Crippen molar-refractivity contribution in [3.05, 3.63) is 36.5 Å². The van der Waals surface area contributed by atoms with E-state index in [0.29, 0.717) is 6.42 Å². The number of carbonyl (C=O) groups is 1. The lowest BCUT2D eigenvalue weighted by Crippen LogP contribution is -2.27. The van der Waals surface area contributed by atoms with Crippen LogP contribution in [0.4, 0.5) is 0 Å². The second-order valence-corrected chi connectivity index (χ2v) is 9.47. The maximum atomic E-state index is 11.9. The van der Waals surface area contributed by atoms with Crippen LogP contribution in [0.25, 0.3) is 0 Å². The Balaban J connectivity index is 3.71. The van der Waals surface area contributed by atoms with Crippen LogP contribution in [0, 0.1) is 0 Å². The molecule has 0 amide bonds. The van der Waals surface area contributed by atoms with E-state index in [1.165, 1.54) is 25.7 Å². The number of hydrogen-bond acceptors (Lipinski definition) is 7. The normalized spacial score (nSPS) is 14.8. The largest absolute Gasteiger partial charge is 0.472 e. The van der Waals surface area contributed by atoms with Crippen molar-refractivity contribution < 1.29 is 33.1 Å². The first-order valence-electron chi connectivity index (χ1n) is 12.5. The first-order valence-corrected chi connectivity index (χ1v) is 14.0. The molecule has 1 unspecified atom stereocenters. The highest BCUT2D eigenvalue weighted by atomic mass is 31.2. The molecule has 0 aliphatic rings. The van der Waals surface area contributed by atoms with Gasteiger partial charge in [0.25, 0.3) is 0 Å².